The molecule has 2 aromatic heterocycles. The Bertz CT molecular complexity index is 1080. The summed E-state index contributed by atoms with van der Waals surface area (Å²) in [6, 6.07) is 3.92. The van der Waals surface area contributed by atoms with Crippen LogP contribution in [0.15, 0.2) is 23.2 Å². The fraction of sp³-hybridized carbons (Fsp3) is 0.389. The van der Waals surface area contributed by atoms with E-state index in [1.54, 1.807) is 13.1 Å². The van der Waals surface area contributed by atoms with Crippen LogP contribution in [0, 0.1) is 28.0 Å². The standard InChI is InChI=1S/C18H21FN6O2S/c1-10(2)14-5-4-13-15(28(21,27)24-14)9-25(3)17(13)18(26)23-11-6-12(8-20)22-16(19)7-11/h6-7,9-10,14H,4-5H2,1-3H3,(H2,21,24,27)(H,22,23,26)/t14-,28?/m0/s1. The highest BCUT2D eigenvalue weighted by molar-refractivity contribution is 7.90. The molecule has 1 aliphatic heterocycles. The first-order valence-corrected chi connectivity index (χ1v) is 10.3. The molecule has 148 valence electrons. The largest absolute Gasteiger partial charge is 0.345 e. The first-order valence-electron chi connectivity index (χ1n) is 8.75. The van der Waals surface area contributed by atoms with E-state index in [4.69, 9.17) is 10.0 Å². The predicted octanol–water partition coefficient (Wildman–Crippen LogP) is 2.56. The third-order valence-corrected chi connectivity index (χ3v) is 6.37. The van der Waals surface area contributed by atoms with Crippen LogP contribution in [0.5, 0.6) is 0 Å². The second-order valence-electron chi connectivity index (χ2n) is 7.12. The summed E-state index contributed by atoms with van der Waals surface area (Å²) in [5.74, 6) is -1.22. The van der Waals surface area contributed by atoms with Gasteiger partial charge in [-0.15, -0.1) is 0 Å². The number of nitriles is 1. The summed E-state index contributed by atoms with van der Waals surface area (Å²) in [5.41, 5.74) is 0.754. The Morgan fingerprint density at radius 3 is 2.89 bits per heavy atom. The highest BCUT2D eigenvalue weighted by atomic mass is 32.2. The number of hydrogen-bond acceptors (Lipinski definition) is 5. The third kappa shape index (κ3) is 3.76. The van der Waals surface area contributed by atoms with Gasteiger partial charge in [-0.05, 0) is 24.8 Å². The third-order valence-electron chi connectivity index (χ3n) is 4.77. The van der Waals surface area contributed by atoms with E-state index in [1.807, 2.05) is 13.8 Å². The van der Waals surface area contributed by atoms with E-state index in [0.29, 0.717) is 23.3 Å². The minimum Gasteiger partial charge on any atom is -0.345 e. The molecule has 3 heterocycles. The molecule has 0 aliphatic carbocycles. The zero-order valence-corrected chi connectivity index (χ0v) is 16.6. The fourth-order valence-corrected chi connectivity index (χ4v) is 5.15. The van der Waals surface area contributed by atoms with Crippen LogP contribution in [-0.4, -0.2) is 25.7 Å². The maximum atomic E-state index is 13.5. The summed E-state index contributed by atoms with van der Waals surface area (Å²) in [4.78, 5) is 16.6. The number of anilines is 1. The topological polar surface area (TPSA) is 124 Å². The van der Waals surface area contributed by atoms with Crippen molar-refractivity contribution >= 4 is 21.5 Å². The number of nitrogens with zero attached hydrogens (tertiary/aromatic N) is 3. The second kappa shape index (κ2) is 7.33. The van der Waals surface area contributed by atoms with Gasteiger partial charge in [0, 0.05) is 36.6 Å². The van der Waals surface area contributed by atoms with Gasteiger partial charge in [-0.1, -0.05) is 13.8 Å². The number of hydrogen-bond donors (Lipinski definition) is 3. The Morgan fingerprint density at radius 1 is 1.54 bits per heavy atom. The van der Waals surface area contributed by atoms with Crippen LogP contribution in [0.3, 0.4) is 0 Å². The molecule has 10 heteroatoms. The molecule has 3 N–H and O–H groups in total. The number of pyridine rings is 1. The molecule has 0 fully saturated rings. The Balaban J connectivity index is 1.99. The normalized spacial score (nSPS) is 21.6. The van der Waals surface area contributed by atoms with E-state index in [0.717, 1.165) is 6.07 Å². The van der Waals surface area contributed by atoms with Crippen molar-refractivity contribution in [2.24, 2.45) is 13.0 Å². The van der Waals surface area contributed by atoms with Gasteiger partial charge in [-0.3, -0.25) is 4.79 Å². The van der Waals surface area contributed by atoms with Crippen LogP contribution >= 0.6 is 0 Å². The molecule has 0 saturated carbocycles. The number of aryl methyl sites for hydroxylation is 1. The average Bonchev–Trinajstić information content (AvgIpc) is 2.88. The van der Waals surface area contributed by atoms with Crippen molar-refractivity contribution in [2.75, 3.05) is 5.32 Å². The second-order valence-corrected chi connectivity index (χ2v) is 8.91. The minimum atomic E-state index is -3.26. The lowest BCUT2D eigenvalue weighted by Crippen LogP contribution is -2.36. The zero-order valence-electron chi connectivity index (χ0n) is 15.7. The first-order chi connectivity index (χ1) is 13.1. The summed E-state index contributed by atoms with van der Waals surface area (Å²) in [6.45, 7) is 3.98. The monoisotopic (exact) mass is 404 g/mol. The van der Waals surface area contributed by atoms with Gasteiger partial charge in [-0.2, -0.15) is 9.65 Å². The lowest BCUT2D eigenvalue weighted by atomic mass is 9.97. The number of carbonyl (C=O) groups excluding carboxylic acids is 1. The van der Waals surface area contributed by atoms with Crippen LogP contribution in [-0.2, 0) is 23.4 Å². The highest BCUT2D eigenvalue weighted by Crippen LogP contribution is 2.29. The number of fused-ring (bicyclic) bond motifs is 1. The molecular formula is C18H21FN6O2S. The smallest absolute Gasteiger partial charge is 0.272 e. The number of aromatic nitrogens is 2. The first kappa shape index (κ1) is 20.0. The molecule has 0 spiro atoms. The van der Waals surface area contributed by atoms with Gasteiger partial charge in [0.15, 0.2) is 0 Å². The molecule has 28 heavy (non-hydrogen) atoms. The van der Waals surface area contributed by atoms with Crippen LogP contribution < -0.4 is 10.0 Å². The summed E-state index contributed by atoms with van der Waals surface area (Å²) in [6.07, 6.45) is 2.65. The summed E-state index contributed by atoms with van der Waals surface area (Å²) >= 11 is 0. The van der Waals surface area contributed by atoms with Crippen LogP contribution in [0.2, 0.25) is 0 Å². The van der Waals surface area contributed by atoms with E-state index < -0.39 is 21.8 Å². The number of rotatable bonds is 3. The Kier molecular flexibility index (Phi) is 5.23. The maximum absolute atomic E-state index is 13.5. The van der Waals surface area contributed by atoms with Gasteiger partial charge >= 0.3 is 0 Å². The van der Waals surface area contributed by atoms with Crippen molar-refractivity contribution in [3.8, 4) is 6.07 Å². The maximum Gasteiger partial charge on any atom is 0.272 e. The number of carbonyl (C=O) groups is 1. The summed E-state index contributed by atoms with van der Waals surface area (Å²) in [7, 11) is -1.63. The molecule has 0 saturated heterocycles. The molecule has 3 rings (SSSR count). The van der Waals surface area contributed by atoms with Crippen molar-refractivity contribution in [3.63, 3.8) is 0 Å². The summed E-state index contributed by atoms with van der Waals surface area (Å²) < 4.78 is 39.2. The quantitative estimate of drug-likeness (QED) is 0.680. The van der Waals surface area contributed by atoms with Crippen LogP contribution in [0.4, 0.5) is 10.1 Å². The average molecular weight is 404 g/mol. The Morgan fingerprint density at radius 2 is 2.25 bits per heavy atom. The number of amides is 1. The minimum absolute atomic E-state index is 0.0995. The van der Waals surface area contributed by atoms with E-state index in [9.17, 15) is 13.4 Å². The van der Waals surface area contributed by atoms with Gasteiger partial charge in [0.2, 0.25) is 5.95 Å². The number of halogens is 1. The predicted molar refractivity (Wildman–Crippen MR) is 101 cm³/mol. The van der Waals surface area contributed by atoms with Crippen molar-refractivity contribution < 1.29 is 13.4 Å². The Labute approximate surface area is 162 Å². The van der Waals surface area contributed by atoms with Crippen LogP contribution in [0.25, 0.3) is 0 Å². The number of nitrogens with one attached hydrogen (secondary N) is 3. The molecule has 2 aromatic rings. The van der Waals surface area contributed by atoms with E-state index in [-0.39, 0.29) is 29.0 Å². The van der Waals surface area contributed by atoms with Gasteiger partial charge in [0.25, 0.3) is 5.91 Å². The van der Waals surface area contributed by atoms with Crippen LogP contribution in [0.1, 0.15) is 42.0 Å². The van der Waals surface area contributed by atoms with Gasteiger partial charge in [-0.25, -0.2) is 18.7 Å². The van der Waals surface area contributed by atoms with E-state index in [2.05, 4.69) is 15.0 Å². The summed E-state index contributed by atoms with van der Waals surface area (Å²) in [5, 5.41) is 11.5. The molecule has 0 bridgehead atoms. The fourth-order valence-electron chi connectivity index (χ4n) is 3.36. The molecule has 0 aromatic carbocycles. The van der Waals surface area contributed by atoms with Crippen molar-refractivity contribution in [3.05, 3.63) is 41.2 Å². The SMILES string of the molecule is CC(C)[C@@H]1CCc2c(cn(C)c2C(=O)Nc2cc(F)nc(C#N)c2)S(=N)(=O)N1. The molecule has 8 nitrogen and oxygen atoms in total. The molecule has 0 radical (unpaired) electrons. The van der Waals surface area contributed by atoms with Crippen molar-refractivity contribution in [1.29, 1.82) is 10.0 Å². The van der Waals surface area contributed by atoms with Crippen molar-refractivity contribution in [2.45, 2.75) is 37.6 Å². The molecular weight excluding hydrogens is 383 g/mol. The molecule has 2 atom stereocenters. The Hall–Kier alpha value is -2.77. The van der Waals surface area contributed by atoms with Gasteiger partial charge in [0.1, 0.15) is 27.4 Å². The van der Waals surface area contributed by atoms with Gasteiger partial charge < -0.3 is 9.88 Å². The van der Waals surface area contributed by atoms with E-state index >= 15 is 0 Å². The highest BCUT2D eigenvalue weighted by Gasteiger charge is 2.31. The molecule has 1 aliphatic rings. The van der Waals surface area contributed by atoms with Gasteiger partial charge in [0.05, 0.1) is 4.90 Å². The lowest BCUT2D eigenvalue weighted by Gasteiger charge is -2.20. The van der Waals surface area contributed by atoms with Crippen molar-refractivity contribution in [1.82, 2.24) is 14.3 Å². The van der Waals surface area contributed by atoms with E-state index in [1.165, 1.54) is 16.8 Å². The molecule has 1 unspecified atom stereocenters. The molecule has 1 amide bonds. The zero-order chi connectivity index (χ0) is 20.6. The lowest BCUT2D eigenvalue weighted by molar-refractivity contribution is 0.101.